The Morgan fingerprint density at radius 3 is 2.88 bits per heavy atom. The van der Waals surface area contributed by atoms with Gasteiger partial charge in [-0.15, -0.1) is 0 Å². The third-order valence-electron chi connectivity index (χ3n) is 2.76. The number of pyridine rings is 1. The molecule has 0 radical (unpaired) electrons. The zero-order valence-electron chi connectivity index (χ0n) is 10.5. The van der Waals surface area contributed by atoms with E-state index in [0.29, 0.717) is 25.9 Å². The third-order valence-corrected chi connectivity index (χ3v) is 2.76. The number of aliphatic hydroxyl groups excluding tert-OH is 1. The molecule has 0 bridgehead atoms. The number of hydrogen-bond donors (Lipinski definition) is 1. The fraction of sp³-hybridized carbons (Fsp3) is 0.538. The van der Waals surface area contributed by atoms with E-state index in [0.717, 1.165) is 11.3 Å². The van der Waals surface area contributed by atoms with Crippen molar-refractivity contribution >= 4 is 5.91 Å². The summed E-state index contributed by atoms with van der Waals surface area (Å²) >= 11 is 0. The van der Waals surface area contributed by atoms with Gasteiger partial charge in [-0.2, -0.15) is 0 Å². The van der Waals surface area contributed by atoms with E-state index >= 15 is 0 Å². The molecule has 0 fully saturated rings. The fourth-order valence-corrected chi connectivity index (χ4v) is 1.68. The first-order valence-corrected chi connectivity index (χ1v) is 5.98. The molecular formula is C13H20N2O2. The van der Waals surface area contributed by atoms with E-state index in [1.165, 1.54) is 0 Å². The number of carbonyl (C=O) groups excluding carboxylic acids is 1. The molecule has 0 aliphatic carbocycles. The second-order valence-corrected chi connectivity index (χ2v) is 3.99. The van der Waals surface area contributed by atoms with Crippen LogP contribution >= 0.6 is 0 Å². The molecule has 0 saturated heterocycles. The number of aryl methyl sites for hydroxylation is 1. The lowest BCUT2D eigenvalue weighted by Crippen LogP contribution is -2.33. The molecule has 4 heteroatoms. The number of rotatable bonds is 6. The Bertz CT molecular complexity index is 366. The van der Waals surface area contributed by atoms with Crippen molar-refractivity contribution in [2.24, 2.45) is 0 Å². The van der Waals surface area contributed by atoms with Crippen LogP contribution in [-0.2, 0) is 11.2 Å². The number of nitrogens with zero attached hydrogens (tertiary/aromatic N) is 2. The maximum Gasteiger partial charge on any atom is 0.228 e. The molecule has 17 heavy (non-hydrogen) atoms. The average molecular weight is 236 g/mol. The molecule has 0 atom stereocenters. The van der Waals surface area contributed by atoms with Crippen molar-refractivity contribution in [1.29, 1.82) is 0 Å². The molecule has 1 rings (SSSR count). The molecule has 0 unspecified atom stereocenters. The van der Waals surface area contributed by atoms with Crippen LogP contribution in [0.2, 0.25) is 0 Å². The van der Waals surface area contributed by atoms with Gasteiger partial charge in [0.05, 0.1) is 12.1 Å². The number of hydrogen-bond acceptors (Lipinski definition) is 3. The van der Waals surface area contributed by atoms with Gasteiger partial charge in [0, 0.05) is 25.9 Å². The highest BCUT2D eigenvalue weighted by Gasteiger charge is 2.13. The summed E-state index contributed by atoms with van der Waals surface area (Å²) in [7, 11) is 0. The van der Waals surface area contributed by atoms with Crippen molar-refractivity contribution < 1.29 is 9.90 Å². The van der Waals surface area contributed by atoms with Crippen LogP contribution in [0.3, 0.4) is 0 Å². The Kier molecular flexibility index (Phi) is 5.63. The number of likely N-dealkylation sites (N-methyl/N-ethyl adjacent to an activating group) is 1. The Labute approximate surface area is 102 Å². The van der Waals surface area contributed by atoms with Gasteiger partial charge in [-0.3, -0.25) is 9.78 Å². The third kappa shape index (κ3) is 4.15. The minimum absolute atomic E-state index is 0.0720. The number of carbonyl (C=O) groups is 1. The Hall–Kier alpha value is -1.42. The maximum atomic E-state index is 12.0. The van der Waals surface area contributed by atoms with Crippen LogP contribution < -0.4 is 0 Å². The summed E-state index contributed by atoms with van der Waals surface area (Å²) in [4.78, 5) is 18.0. The summed E-state index contributed by atoms with van der Waals surface area (Å²) in [6.07, 6.45) is 2.67. The van der Waals surface area contributed by atoms with Crippen LogP contribution in [0.5, 0.6) is 0 Å². The Morgan fingerprint density at radius 1 is 1.53 bits per heavy atom. The highest BCUT2D eigenvalue weighted by atomic mass is 16.3. The van der Waals surface area contributed by atoms with Gasteiger partial charge in [0.25, 0.3) is 0 Å². The van der Waals surface area contributed by atoms with Crippen molar-refractivity contribution in [3.63, 3.8) is 0 Å². The number of aromatic nitrogens is 1. The van der Waals surface area contributed by atoms with Crippen LogP contribution in [0.4, 0.5) is 0 Å². The highest BCUT2D eigenvalue weighted by Crippen LogP contribution is 2.06. The SMILES string of the molecule is CCN(CCCO)C(=O)Cc1ncccc1C. The minimum Gasteiger partial charge on any atom is -0.396 e. The summed E-state index contributed by atoms with van der Waals surface area (Å²) in [6.45, 7) is 5.30. The molecular weight excluding hydrogens is 216 g/mol. The lowest BCUT2D eigenvalue weighted by atomic mass is 10.1. The van der Waals surface area contributed by atoms with Crippen LogP contribution in [0.25, 0.3) is 0 Å². The first-order chi connectivity index (χ1) is 8.19. The fourth-order valence-electron chi connectivity index (χ4n) is 1.68. The predicted molar refractivity (Wildman–Crippen MR) is 66.6 cm³/mol. The van der Waals surface area contributed by atoms with Crippen LogP contribution in [0.1, 0.15) is 24.6 Å². The van der Waals surface area contributed by atoms with E-state index in [1.54, 1.807) is 11.1 Å². The second kappa shape index (κ2) is 7.01. The van der Waals surface area contributed by atoms with E-state index in [4.69, 9.17) is 5.11 Å². The van der Waals surface area contributed by atoms with Crippen molar-refractivity contribution in [3.8, 4) is 0 Å². The van der Waals surface area contributed by atoms with Gasteiger partial charge in [-0.1, -0.05) is 6.07 Å². The quantitative estimate of drug-likeness (QED) is 0.806. The molecule has 1 heterocycles. The van der Waals surface area contributed by atoms with Crippen LogP contribution in [-0.4, -0.2) is 40.6 Å². The summed E-state index contributed by atoms with van der Waals surface area (Å²) in [5.74, 6) is 0.0720. The molecule has 1 N–H and O–H groups in total. The molecule has 0 aliphatic heterocycles. The topological polar surface area (TPSA) is 53.4 Å². The van der Waals surface area contributed by atoms with Crippen molar-refractivity contribution in [1.82, 2.24) is 9.88 Å². The van der Waals surface area contributed by atoms with E-state index < -0.39 is 0 Å². The van der Waals surface area contributed by atoms with Gasteiger partial charge in [0.2, 0.25) is 5.91 Å². The summed E-state index contributed by atoms with van der Waals surface area (Å²) < 4.78 is 0. The first kappa shape index (κ1) is 13.6. The molecule has 1 amide bonds. The highest BCUT2D eigenvalue weighted by molar-refractivity contribution is 5.78. The molecule has 0 spiro atoms. The largest absolute Gasteiger partial charge is 0.396 e. The minimum atomic E-state index is 0.0720. The van der Waals surface area contributed by atoms with Gasteiger partial charge >= 0.3 is 0 Å². The van der Waals surface area contributed by atoms with E-state index in [-0.39, 0.29) is 12.5 Å². The lowest BCUT2D eigenvalue weighted by Gasteiger charge is -2.20. The van der Waals surface area contributed by atoms with Gasteiger partial charge in [0.15, 0.2) is 0 Å². The molecule has 0 saturated carbocycles. The van der Waals surface area contributed by atoms with E-state index in [1.807, 2.05) is 26.0 Å². The van der Waals surface area contributed by atoms with E-state index in [9.17, 15) is 4.79 Å². The number of amides is 1. The summed E-state index contributed by atoms with van der Waals surface area (Å²) in [5, 5.41) is 8.78. The molecule has 94 valence electrons. The zero-order chi connectivity index (χ0) is 12.7. The standard InChI is InChI=1S/C13H20N2O2/c1-3-15(8-5-9-16)13(17)10-12-11(2)6-4-7-14-12/h4,6-7,16H,3,5,8-10H2,1-2H3. The molecule has 0 aliphatic rings. The van der Waals surface area contributed by atoms with Crippen LogP contribution in [0, 0.1) is 6.92 Å². The monoisotopic (exact) mass is 236 g/mol. The second-order valence-electron chi connectivity index (χ2n) is 3.99. The summed E-state index contributed by atoms with van der Waals surface area (Å²) in [5.41, 5.74) is 1.87. The Morgan fingerprint density at radius 2 is 2.29 bits per heavy atom. The van der Waals surface area contributed by atoms with E-state index in [2.05, 4.69) is 4.98 Å². The number of aliphatic hydroxyl groups is 1. The normalized spacial score (nSPS) is 10.3. The van der Waals surface area contributed by atoms with Gasteiger partial charge in [-0.05, 0) is 31.9 Å². The van der Waals surface area contributed by atoms with Crippen molar-refractivity contribution in [2.45, 2.75) is 26.7 Å². The van der Waals surface area contributed by atoms with Gasteiger partial charge in [0.1, 0.15) is 0 Å². The van der Waals surface area contributed by atoms with Crippen LogP contribution in [0.15, 0.2) is 18.3 Å². The average Bonchev–Trinajstić information content (AvgIpc) is 2.33. The Balaban J connectivity index is 2.61. The van der Waals surface area contributed by atoms with Crippen molar-refractivity contribution in [2.75, 3.05) is 19.7 Å². The predicted octanol–water partition coefficient (Wildman–Crippen LogP) is 1.16. The van der Waals surface area contributed by atoms with Gasteiger partial charge in [-0.25, -0.2) is 0 Å². The maximum absolute atomic E-state index is 12.0. The lowest BCUT2D eigenvalue weighted by molar-refractivity contribution is -0.130. The molecule has 1 aromatic rings. The van der Waals surface area contributed by atoms with Gasteiger partial charge < -0.3 is 10.0 Å². The molecule has 0 aromatic carbocycles. The molecule has 1 aromatic heterocycles. The smallest absolute Gasteiger partial charge is 0.228 e. The first-order valence-electron chi connectivity index (χ1n) is 5.98. The summed E-state index contributed by atoms with van der Waals surface area (Å²) in [6, 6.07) is 3.83. The zero-order valence-corrected chi connectivity index (χ0v) is 10.5. The van der Waals surface area contributed by atoms with Crippen molar-refractivity contribution in [3.05, 3.63) is 29.6 Å². The molecule has 4 nitrogen and oxygen atoms in total.